The topological polar surface area (TPSA) is 12.0 Å². The Morgan fingerprint density at radius 2 is 1.86 bits per heavy atom. The molecule has 0 aliphatic heterocycles. The molecule has 0 fully saturated rings. The number of hydrogen-bond acceptors (Lipinski definition) is 1. The number of hydrogen-bond donors (Lipinski definition) is 1. The highest BCUT2D eigenvalue weighted by Crippen LogP contribution is 2.28. The Hall–Kier alpha value is -0.580. The predicted molar refractivity (Wildman–Crippen MR) is 100 cm³/mol. The number of aryl methyl sites for hydroxylation is 1. The standard InChI is InChI=1S/C18H21ClIN/c1-3-6-13-7-5-8-14(11-13)18(21-4-2)15-9-10-17(20)16(19)12-15/h5,7-12,18,21H,3-4,6H2,1-2H3. The molecule has 0 aromatic heterocycles. The van der Waals surface area contributed by atoms with Gasteiger partial charge in [0.2, 0.25) is 0 Å². The molecule has 0 heterocycles. The van der Waals surface area contributed by atoms with E-state index >= 15 is 0 Å². The van der Waals surface area contributed by atoms with Crippen LogP contribution in [-0.2, 0) is 6.42 Å². The SMILES string of the molecule is CCCc1cccc(C(NCC)c2ccc(I)c(Cl)c2)c1. The summed E-state index contributed by atoms with van der Waals surface area (Å²) in [5, 5.41) is 4.39. The fourth-order valence-electron chi connectivity index (χ4n) is 2.54. The maximum Gasteiger partial charge on any atom is 0.0577 e. The molecule has 0 saturated carbocycles. The second-order valence-electron chi connectivity index (χ2n) is 5.16. The van der Waals surface area contributed by atoms with E-state index in [1.165, 1.54) is 23.1 Å². The van der Waals surface area contributed by atoms with E-state index in [4.69, 9.17) is 11.6 Å². The van der Waals surface area contributed by atoms with Crippen LogP contribution in [-0.4, -0.2) is 6.54 Å². The van der Waals surface area contributed by atoms with Crippen LogP contribution in [0.3, 0.4) is 0 Å². The van der Waals surface area contributed by atoms with Crippen molar-refractivity contribution in [2.75, 3.05) is 6.54 Å². The zero-order valence-corrected chi connectivity index (χ0v) is 15.4. The number of benzene rings is 2. The van der Waals surface area contributed by atoms with Gasteiger partial charge in [0.05, 0.1) is 11.1 Å². The molecule has 2 aromatic rings. The molecule has 2 rings (SSSR count). The Morgan fingerprint density at radius 1 is 1.10 bits per heavy atom. The van der Waals surface area contributed by atoms with Crippen LogP contribution in [0.1, 0.15) is 43.0 Å². The summed E-state index contributed by atoms with van der Waals surface area (Å²) in [5.74, 6) is 0. The van der Waals surface area contributed by atoms with Crippen molar-refractivity contribution in [3.05, 3.63) is 67.7 Å². The van der Waals surface area contributed by atoms with Gasteiger partial charge in [0, 0.05) is 3.57 Å². The van der Waals surface area contributed by atoms with Crippen molar-refractivity contribution < 1.29 is 0 Å². The first-order valence-electron chi connectivity index (χ1n) is 7.42. The van der Waals surface area contributed by atoms with Gasteiger partial charge in [0.25, 0.3) is 0 Å². The summed E-state index contributed by atoms with van der Waals surface area (Å²) in [5.41, 5.74) is 3.92. The normalized spacial score (nSPS) is 12.4. The summed E-state index contributed by atoms with van der Waals surface area (Å²) in [6, 6.07) is 15.4. The third-order valence-corrected chi connectivity index (χ3v) is 5.08. The lowest BCUT2D eigenvalue weighted by atomic mass is 9.96. The zero-order valence-electron chi connectivity index (χ0n) is 12.5. The summed E-state index contributed by atoms with van der Waals surface area (Å²) in [4.78, 5) is 0. The largest absolute Gasteiger partial charge is 0.307 e. The van der Waals surface area contributed by atoms with Gasteiger partial charge in [-0.3, -0.25) is 0 Å². The monoisotopic (exact) mass is 413 g/mol. The molecular weight excluding hydrogens is 393 g/mol. The average Bonchev–Trinajstić information content (AvgIpc) is 2.48. The van der Waals surface area contributed by atoms with E-state index in [1.807, 2.05) is 0 Å². The van der Waals surface area contributed by atoms with E-state index in [0.29, 0.717) is 0 Å². The highest BCUT2D eigenvalue weighted by molar-refractivity contribution is 14.1. The van der Waals surface area contributed by atoms with Gasteiger partial charge in [-0.1, -0.05) is 62.2 Å². The Bertz CT molecular complexity index is 598. The van der Waals surface area contributed by atoms with Crippen molar-refractivity contribution in [3.8, 4) is 0 Å². The van der Waals surface area contributed by atoms with Gasteiger partial charge >= 0.3 is 0 Å². The quantitative estimate of drug-likeness (QED) is 0.608. The molecule has 0 saturated heterocycles. The zero-order chi connectivity index (χ0) is 15.2. The van der Waals surface area contributed by atoms with Crippen LogP contribution in [0.4, 0.5) is 0 Å². The fraction of sp³-hybridized carbons (Fsp3) is 0.333. The highest BCUT2D eigenvalue weighted by atomic mass is 127. The smallest absolute Gasteiger partial charge is 0.0577 e. The Balaban J connectivity index is 2.37. The van der Waals surface area contributed by atoms with Gasteiger partial charge in [-0.25, -0.2) is 0 Å². The van der Waals surface area contributed by atoms with E-state index in [1.54, 1.807) is 0 Å². The van der Waals surface area contributed by atoms with Crippen LogP contribution >= 0.6 is 34.2 Å². The van der Waals surface area contributed by atoms with Gasteiger partial charge in [0.1, 0.15) is 0 Å². The molecule has 0 aliphatic rings. The minimum Gasteiger partial charge on any atom is -0.307 e. The molecule has 0 aliphatic carbocycles. The number of rotatable bonds is 6. The predicted octanol–water partition coefficient (Wildman–Crippen LogP) is 5.60. The Morgan fingerprint density at radius 3 is 2.52 bits per heavy atom. The van der Waals surface area contributed by atoms with Crippen molar-refractivity contribution in [1.29, 1.82) is 0 Å². The number of nitrogens with one attached hydrogen (secondary N) is 1. The van der Waals surface area contributed by atoms with Crippen LogP contribution in [0.25, 0.3) is 0 Å². The lowest BCUT2D eigenvalue weighted by Crippen LogP contribution is -2.22. The first-order chi connectivity index (χ1) is 10.2. The Labute approximate surface area is 146 Å². The molecule has 1 unspecified atom stereocenters. The van der Waals surface area contributed by atoms with Crippen LogP contribution in [0, 0.1) is 3.57 Å². The fourth-order valence-corrected chi connectivity index (χ4v) is 3.07. The summed E-state index contributed by atoms with van der Waals surface area (Å²) >= 11 is 8.56. The minimum absolute atomic E-state index is 0.196. The van der Waals surface area contributed by atoms with Gasteiger partial charge in [-0.15, -0.1) is 0 Å². The van der Waals surface area contributed by atoms with Crippen LogP contribution in [0.2, 0.25) is 5.02 Å². The van der Waals surface area contributed by atoms with Crippen LogP contribution in [0.15, 0.2) is 42.5 Å². The van der Waals surface area contributed by atoms with Gasteiger partial charge < -0.3 is 5.32 Å². The van der Waals surface area contributed by atoms with E-state index < -0.39 is 0 Å². The molecule has 1 N–H and O–H groups in total. The first kappa shape index (κ1) is 16.8. The van der Waals surface area contributed by atoms with Gasteiger partial charge in [0.15, 0.2) is 0 Å². The van der Waals surface area contributed by atoms with Crippen molar-refractivity contribution in [2.45, 2.75) is 32.7 Å². The van der Waals surface area contributed by atoms with Crippen molar-refractivity contribution >= 4 is 34.2 Å². The molecule has 0 bridgehead atoms. The molecule has 0 radical (unpaired) electrons. The molecule has 1 nitrogen and oxygen atoms in total. The molecule has 2 aromatic carbocycles. The molecule has 1 atom stereocenters. The van der Waals surface area contributed by atoms with E-state index in [2.05, 4.69) is 84.2 Å². The lowest BCUT2D eigenvalue weighted by molar-refractivity contribution is 0.630. The molecule has 3 heteroatoms. The molecule has 112 valence electrons. The molecule has 0 spiro atoms. The third-order valence-electron chi connectivity index (χ3n) is 3.51. The highest BCUT2D eigenvalue weighted by Gasteiger charge is 2.14. The van der Waals surface area contributed by atoms with Gasteiger partial charge in [-0.05, 0) is 64.4 Å². The van der Waals surface area contributed by atoms with Crippen LogP contribution < -0.4 is 5.32 Å². The van der Waals surface area contributed by atoms with Crippen molar-refractivity contribution in [2.24, 2.45) is 0 Å². The number of halogens is 2. The van der Waals surface area contributed by atoms with E-state index in [-0.39, 0.29) is 6.04 Å². The summed E-state index contributed by atoms with van der Waals surface area (Å²) in [7, 11) is 0. The van der Waals surface area contributed by atoms with E-state index in [9.17, 15) is 0 Å². The van der Waals surface area contributed by atoms with Gasteiger partial charge in [-0.2, -0.15) is 0 Å². The maximum atomic E-state index is 6.29. The van der Waals surface area contributed by atoms with Crippen LogP contribution in [0.5, 0.6) is 0 Å². The molecule has 0 amide bonds. The van der Waals surface area contributed by atoms with Crippen molar-refractivity contribution in [3.63, 3.8) is 0 Å². The van der Waals surface area contributed by atoms with E-state index in [0.717, 1.165) is 21.6 Å². The molecular formula is C18H21ClIN. The summed E-state index contributed by atoms with van der Waals surface area (Å²) < 4.78 is 1.09. The maximum absolute atomic E-state index is 6.29. The second kappa shape index (κ2) is 8.16. The lowest BCUT2D eigenvalue weighted by Gasteiger charge is -2.20. The minimum atomic E-state index is 0.196. The molecule has 21 heavy (non-hydrogen) atoms. The average molecular weight is 414 g/mol. The first-order valence-corrected chi connectivity index (χ1v) is 8.88. The third kappa shape index (κ3) is 4.44. The Kier molecular flexibility index (Phi) is 6.52. The summed E-state index contributed by atoms with van der Waals surface area (Å²) in [6.45, 7) is 5.27. The second-order valence-corrected chi connectivity index (χ2v) is 6.73. The summed E-state index contributed by atoms with van der Waals surface area (Å²) in [6.07, 6.45) is 2.30. The van der Waals surface area contributed by atoms with Crippen molar-refractivity contribution in [1.82, 2.24) is 5.32 Å².